The number of halogens is 4. The second kappa shape index (κ2) is 7.59. The van der Waals surface area contributed by atoms with Crippen LogP contribution in [0.25, 0.3) is 0 Å². The Labute approximate surface area is 162 Å². The molecule has 156 valence electrons. The fourth-order valence-corrected chi connectivity index (χ4v) is 4.32. The van der Waals surface area contributed by atoms with Gasteiger partial charge in [0.05, 0.1) is 22.6 Å². The molecule has 1 atom stereocenters. The molecule has 3 rings (SSSR count). The summed E-state index contributed by atoms with van der Waals surface area (Å²) in [5.41, 5.74) is -1.73. The van der Waals surface area contributed by atoms with Crippen molar-refractivity contribution in [1.82, 2.24) is 9.29 Å². The maximum absolute atomic E-state index is 13.5. The molecule has 1 fully saturated rings. The van der Waals surface area contributed by atoms with E-state index in [4.69, 9.17) is 9.84 Å². The molecule has 7 nitrogen and oxygen atoms in total. The molecule has 0 spiro atoms. The summed E-state index contributed by atoms with van der Waals surface area (Å²) in [5, 5.41) is 8.95. The highest BCUT2D eigenvalue weighted by Crippen LogP contribution is 2.31. The van der Waals surface area contributed by atoms with Gasteiger partial charge in [-0.2, -0.15) is 17.5 Å². The number of hydrogen-bond acceptors (Lipinski definition) is 5. The summed E-state index contributed by atoms with van der Waals surface area (Å²) >= 11 is 0. The third kappa shape index (κ3) is 4.48. The lowest BCUT2D eigenvalue weighted by Crippen LogP contribution is -2.31. The number of rotatable bonds is 5. The van der Waals surface area contributed by atoms with Crippen molar-refractivity contribution in [3.05, 3.63) is 53.5 Å². The average Bonchev–Trinajstić information content (AvgIpc) is 3.10. The molecule has 29 heavy (non-hydrogen) atoms. The molecule has 1 unspecified atom stereocenters. The molecule has 12 heteroatoms. The maximum atomic E-state index is 13.5. The maximum Gasteiger partial charge on any atom is 0.416 e. The van der Waals surface area contributed by atoms with Crippen LogP contribution in [0.5, 0.6) is 5.88 Å². The standard InChI is InChI=1S/C17H14F4N2O5S/c18-14-2-1-12(8-13(14)16(24)25)29(26,27)23-6-4-11(9-23)28-15-7-10(3-5-22-15)17(19,20)21/h1-3,5,7-8,11H,4,6,9H2,(H,24,25). The van der Waals surface area contributed by atoms with Crippen molar-refractivity contribution in [2.24, 2.45) is 0 Å². The van der Waals surface area contributed by atoms with Crippen LogP contribution in [0.1, 0.15) is 22.3 Å². The molecule has 1 aliphatic heterocycles. The van der Waals surface area contributed by atoms with Crippen LogP contribution in [0.3, 0.4) is 0 Å². The van der Waals surface area contributed by atoms with Crippen LogP contribution in [0.4, 0.5) is 17.6 Å². The Kier molecular flexibility index (Phi) is 5.50. The molecule has 0 bridgehead atoms. The minimum absolute atomic E-state index is 0.00819. The number of aromatic nitrogens is 1. The Hall–Kier alpha value is -2.73. The molecule has 0 saturated carbocycles. The second-order valence-corrected chi connectivity index (χ2v) is 8.16. The van der Waals surface area contributed by atoms with E-state index in [0.717, 1.165) is 40.8 Å². The highest BCUT2D eigenvalue weighted by Gasteiger charge is 2.35. The average molecular weight is 434 g/mol. The van der Waals surface area contributed by atoms with E-state index in [1.165, 1.54) is 0 Å². The van der Waals surface area contributed by atoms with E-state index in [1.54, 1.807) is 0 Å². The zero-order valence-electron chi connectivity index (χ0n) is 14.6. The van der Waals surface area contributed by atoms with Crippen molar-refractivity contribution in [2.45, 2.75) is 23.6 Å². The number of carbonyl (C=O) groups is 1. The highest BCUT2D eigenvalue weighted by molar-refractivity contribution is 7.89. The summed E-state index contributed by atoms with van der Waals surface area (Å²) in [6.45, 7) is -0.189. The fraction of sp³-hybridized carbons (Fsp3) is 0.294. The summed E-state index contributed by atoms with van der Waals surface area (Å²) in [6.07, 6.45) is -4.20. The van der Waals surface area contributed by atoms with E-state index in [0.29, 0.717) is 0 Å². The van der Waals surface area contributed by atoms with E-state index in [9.17, 15) is 30.8 Å². The number of hydrogen-bond donors (Lipinski definition) is 1. The van der Waals surface area contributed by atoms with Crippen LogP contribution < -0.4 is 4.74 Å². The Balaban J connectivity index is 1.75. The van der Waals surface area contributed by atoms with Crippen molar-refractivity contribution < 1.29 is 40.6 Å². The predicted octanol–water partition coefficient (Wildman–Crippen LogP) is 2.78. The highest BCUT2D eigenvalue weighted by atomic mass is 32.2. The number of pyridine rings is 1. The molecule has 1 saturated heterocycles. The number of carboxylic acids is 1. The van der Waals surface area contributed by atoms with E-state index < -0.39 is 50.1 Å². The van der Waals surface area contributed by atoms with Crippen LogP contribution in [-0.4, -0.2) is 48.0 Å². The lowest BCUT2D eigenvalue weighted by Gasteiger charge is -2.17. The molecule has 0 radical (unpaired) electrons. The lowest BCUT2D eigenvalue weighted by molar-refractivity contribution is -0.137. The van der Waals surface area contributed by atoms with Crippen molar-refractivity contribution in [3.63, 3.8) is 0 Å². The lowest BCUT2D eigenvalue weighted by atomic mass is 10.2. The van der Waals surface area contributed by atoms with E-state index in [1.807, 2.05) is 0 Å². The molecule has 1 N–H and O–H groups in total. The Morgan fingerprint density at radius 3 is 2.62 bits per heavy atom. The summed E-state index contributed by atoms with van der Waals surface area (Å²) in [6, 6.07) is 3.91. The first kappa shape index (κ1) is 21.0. The van der Waals surface area contributed by atoms with Gasteiger partial charge in [0.1, 0.15) is 11.9 Å². The van der Waals surface area contributed by atoms with Gasteiger partial charge in [0.15, 0.2) is 0 Å². The second-order valence-electron chi connectivity index (χ2n) is 6.22. The Morgan fingerprint density at radius 1 is 1.24 bits per heavy atom. The van der Waals surface area contributed by atoms with Crippen molar-refractivity contribution in [3.8, 4) is 5.88 Å². The molecular formula is C17H14F4N2O5S. The quantitative estimate of drug-likeness (QED) is 0.727. The smallest absolute Gasteiger partial charge is 0.416 e. The van der Waals surface area contributed by atoms with Crippen LogP contribution in [0.2, 0.25) is 0 Å². The molecular weight excluding hydrogens is 420 g/mol. The summed E-state index contributed by atoms with van der Waals surface area (Å²) in [4.78, 5) is 14.3. The third-order valence-electron chi connectivity index (χ3n) is 4.26. The van der Waals surface area contributed by atoms with E-state index in [-0.39, 0.29) is 25.4 Å². The van der Waals surface area contributed by atoms with Gasteiger partial charge in [-0.25, -0.2) is 22.6 Å². The SMILES string of the molecule is O=C(O)c1cc(S(=O)(=O)N2CCC(Oc3cc(C(F)(F)F)ccn3)C2)ccc1F. The minimum atomic E-state index is -4.57. The summed E-state index contributed by atoms with van der Waals surface area (Å²) in [7, 11) is -4.15. The molecule has 2 heterocycles. The molecule has 0 aliphatic carbocycles. The molecule has 1 aromatic heterocycles. The summed E-state index contributed by atoms with van der Waals surface area (Å²) in [5.74, 6) is -2.98. The van der Waals surface area contributed by atoms with Gasteiger partial charge in [0, 0.05) is 18.8 Å². The van der Waals surface area contributed by atoms with Crippen LogP contribution in [-0.2, 0) is 16.2 Å². The fourth-order valence-electron chi connectivity index (χ4n) is 2.81. The molecule has 0 amide bonds. The zero-order valence-corrected chi connectivity index (χ0v) is 15.4. The third-order valence-corrected chi connectivity index (χ3v) is 6.12. The number of benzene rings is 1. The topological polar surface area (TPSA) is 96.8 Å². The normalized spacial score (nSPS) is 18.0. The predicted molar refractivity (Wildman–Crippen MR) is 90.4 cm³/mol. The first-order valence-corrected chi connectivity index (χ1v) is 9.65. The van der Waals surface area contributed by atoms with Crippen LogP contribution >= 0.6 is 0 Å². The van der Waals surface area contributed by atoms with Gasteiger partial charge >= 0.3 is 12.1 Å². The molecule has 2 aromatic rings. The van der Waals surface area contributed by atoms with Gasteiger partial charge in [-0.3, -0.25) is 0 Å². The first-order chi connectivity index (χ1) is 13.5. The van der Waals surface area contributed by atoms with Gasteiger partial charge in [0.2, 0.25) is 15.9 Å². The van der Waals surface area contributed by atoms with Crippen LogP contribution in [0.15, 0.2) is 41.4 Å². The minimum Gasteiger partial charge on any atom is -0.478 e. The van der Waals surface area contributed by atoms with Crippen LogP contribution in [0, 0.1) is 5.82 Å². The van der Waals surface area contributed by atoms with Crippen molar-refractivity contribution in [1.29, 1.82) is 0 Å². The largest absolute Gasteiger partial charge is 0.478 e. The number of ether oxygens (including phenoxy) is 1. The van der Waals surface area contributed by atoms with Gasteiger partial charge < -0.3 is 9.84 Å². The summed E-state index contributed by atoms with van der Waals surface area (Å²) < 4.78 is 83.6. The van der Waals surface area contributed by atoms with Gasteiger partial charge in [-0.1, -0.05) is 0 Å². The number of carboxylic acid groups (broad SMARTS) is 1. The number of aromatic carboxylic acids is 1. The van der Waals surface area contributed by atoms with E-state index >= 15 is 0 Å². The number of sulfonamides is 1. The Morgan fingerprint density at radius 2 is 1.97 bits per heavy atom. The number of alkyl halides is 3. The number of nitrogens with zero attached hydrogens (tertiary/aromatic N) is 2. The van der Waals surface area contributed by atoms with Gasteiger partial charge in [0.25, 0.3) is 0 Å². The van der Waals surface area contributed by atoms with Crippen molar-refractivity contribution in [2.75, 3.05) is 13.1 Å². The monoisotopic (exact) mass is 434 g/mol. The zero-order chi connectivity index (χ0) is 21.4. The van der Waals surface area contributed by atoms with E-state index in [2.05, 4.69) is 4.98 Å². The van der Waals surface area contributed by atoms with Crippen molar-refractivity contribution >= 4 is 16.0 Å². The van der Waals surface area contributed by atoms with Gasteiger partial charge in [-0.15, -0.1) is 0 Å². The molecule has 1 aromatic carbocycles. The first-order valence-electron chi connectivity index (χ1n) is 8.21. The molecule has 1 aliphatic rings. The van der Waals surface area contributed by atoms with Gasteiger partial charge in [-0.05, 0) is 30.7 Å². The Bertz CT molecular complexity index is 1040.